The van der Waals surface area contributed by atoms with Crippen LogP contribution in [0.4, 0.5) is 5.69 Å². The van der Waals surface area contributed by atoms with E-state index in [0.29, 0.717) is 0 Å². The molecule has 0 saturated carbocycles. The van der Waals surface area contributed by atoms with Crippen molar-refractivity contribution in [2.75, 3.05) is 5.73 Å². The largest absolute Gasteiger partial charge is 0.397 e. The Balaban J connectivity index is 2.54. The maximum Gasteiger partial charge on any atom is 0.113 e. The van der Waals surface area contributed by atoms with Gasteiger partial charge in [-0.1, -0.05) is 19.1 Å². The standard InChI is InChI=1S/C13H17N3/c1-3-5-12-15-8-9-16(12)13-10(2)6-4-7-11(13)14/h4,6-9H,3,5,14H2,1-2H3. The first kappa shape index (κ1) is 10.7. The molecule has 0 spiro atoms. The smallest absolute Gasteiger partial charge is 0.113 e. The summed E-state index contributed by atoms with van der Waals surface area (Å²) in [7, 11) is 0. The van der Waals surface area contributed by atoms with Crippen molar-refractivity contribution in [2.24, 2.45) is 0 Å². The number of hydrogen-bond donors (Lipinski definition) is 1. The summed E-state index contributed by atoms with van der Waals surface area (Å²) < 4.78 is 2.09. The fraction of sp³-hybridized carbons (Fsp3) is 0.308. The minimum absolute atomic E-state index is 0.801. The molecule has 0 saturated heterocycles. The molecule has 2 aromatic rings. The molecule has 1 aromatic carbocycles. The quantitative estimate of drug-likeness (QED) is 0.800. The van der Waals surface area contributed by atoms with E-state index in [1.807, 2.05) is 24.5 Å². The first-order valence-electron chi connectivity index (χ1n) is 5.61. The number of nitrogen functional groups attached to an aromatic ring is 1. The normalized spacial score (nSPS) is 10.6. The SMILES string of the molecule is CCCc1nccn1-c1c(C)cccc1N. The van der Waals surface area contributed by atoms with E-state index in [1.165, 1.54) is 5.56 Å². The van der Waals surface area contributed by atoms with Gasteiger partial charge in [0.1, 0.15) is 5.82 Å². The zero-order chi connectivity index (χ0) is 11.5. The van der Waals surface area contributed by atoms with Gasteiger partial charge < -0.3 is 10.3 Å². The van der Waals surface area contributed by atoms with Crippen LogP contribution in [0, 0.1) is 6.92 Å². The van der Waals surface area contributed by atoms with Crippen LogP contribution in [0.5, 0.6) is 0 Å². The molecule has 0 aliphatic heterocycles. The number of imidazole rings is 1. The van der Waals surface area contributed by atoms with Crippen LogP contribution < -0.4 is 5.73 Å². The van der Waals surface area contributed by atoms with E-state index in [0.717, 1.165) is 30.0 Å². The molecular weight excluding hydrogens is 198 g/mol. The van der Waals surface area contributed by atoms with Crippen molar-refractivity contribution < 1.29 is 0 Å². The molecule has 84 valence electrons. The molecule has 0 aliphatic rings. The maximum absolute atomic E-state index is 6.03. The van der Waals surface area contributed by atoms with Crippen molar-refractivity contribution in [3.8, 4) is 5.69 Å². The molecule has 1 aromatic heterocycles. The summed E-state index contributed by atoms with van der Waals surface area (Å²) in [4.78, 5) is 4.37. The molecule has 0 fully saturated rings. The topological polar surface area (TPSA) is 43.8 Å². The van der Waals surface area contributed by atoms with E-state index in [-0.39, 0.29) is 0 Å². The molecule has 1 heterocycles. The van der Waals surface area contributed by atoms with E-state index in [9.17, 15) is 0 Å². The van der Waals surface area contributed by atoms with Gasteiger partial charge in [-0.2, -0.15) is 0 Å². The Labute approximate surface area is 95.9 Å². The lowest BCUT2D eigenvalue weighted by molar-refractivity contribution is 0.808. The molecule has 0 aliphatic carbocycles. The zero-order valence-electron chi connectivity index (χ0n) is 9.77. The molecule has 2 N–H and O–H groups in total. The fourth-order valence-corrected chi connectivity index (χ4v) is 1.96. The highest BCUT2D eigenvalue weighted by molar-refractivity contribution is 5.62. The molecule has 16 heavy (non-hydrogen) atoms. The van der Waals surface area contributed by atoms with Gasteiger partial charge in [0.05, 0.1) is 11.4 Å². The minimum Gasteiger partial charge on any atom is -0.397 e. The Hall–Kier alpha value is -1.77. The second-order valence-corrected chi connectivity index (χ2v) is 3.98. The van der Waals surface area contributed by atoms with Crippen molar-refractivity contribution in [1.82, 2.24) is 9.55 Å². The Morgan fingerprint density at radius 1 is 1.38 bits per heavy atom. The second-order valence-electron chi connectivity index (χ2n) is 3.98. The number of benzene rings is 1. The minimum atomic E-state index is 0.801. The Morgan fingerprint density at radius 3 is 2.88 bits per heavy atom. The lowest BCUT2D eigenvalue weighted by Gasteiger charge is -2.12. The van der Waals surface area contributed by atoms with Crippen molar-refractivity contribution in [3.05, 3.63) is 42.0 Å². The monoisotopic (exact) mass is 215 g/mol. The summed E-state index contributed by atoms with van der Waals surface area (Å²) in [6.07, 6.45) is 5.87. The number of anilines is 1. The number of nitrogens with zero attached hydrogens (tertiary/aromatic N) is 2. The van der Waals surface area contributed by atoms with E-state index in [1.54, 1.807) is 0 Å². The molecule has 0 radical (unpaired) electrons. The summed E-state index contributed by atoms with van der Waals surface area (Å²) in [5.74, 6) is 1.07. The lowest BCUT2D eigenvalue weighted by Crippen LogP contribution is -2.05. The van der Waals surface area contributed by atoms with Gasteiger partial charge in [0.25, 0.3) is 0 Å². The van der Waals surface area contributed by atoms with Gasteiger partial charge in [-0.05, 0) is 25.0 Å². The molecule has 0 bridgehead atoms. The van der Waals surface area contributed by atoms with Crippen LogP contribution in [0.25, 0.3) is 5.69 Å². The van der Waals surface area contributed by atoms with E-state index < -0.39 is 0 Å². The van der Waals surface area contributed by atoms with Gasteiger partial charge in [0.2, 0.25) is 0 Å². The predicted molar refractivity (Wildman–Crippen MR) is 66.7 cm³/mol. The summed E-state index contributed by atoms with van der Waals surface area (Å²) in [5, 5.41) is 0. The third-order valence-electron chi connectivity index (χ3n) is 2.70. The average Bonchev–Trinajstić information content (AvgIpc) is 2.67. The first-order valence-corrected chi connectivity index (χ1v) is 5.61. The fourth-order valence-electron chi connectivity index (χ4n) is 1.96. The van der Waals surface area contributed by atoms with Crippen LogP contribution in [0.2, 0.25) is 0 Å². The van der Waals surface area contributed by atoms with Gasteiger partial charge in [0, 0.05) is 18.8 Å². The summed E-state index contributed by atoms with van der Waals surface area (Å²) in [6, 6.07) is 5.98. The van der Waals surface area contributed by atoms with Crippen molar-refractivity contribution >= 4 is 5.69 Å². The predicted octanol–water partition coefficient (Wildman–Crippen LogP) is 2.72. The van der Waals surface area contributed by atoms with Gasteiger partial charge in [-0.3, -0.25) is 0 Å². The molecule has 0 atom stereocenters. The lowest BCUT2D eigenvalue weighted by atomic mass is 10.1. The highest BCUT2D eigenvalue weighted by atomic mass is 15.1. The van der Waals surface area contributed by atoms with Crippen molar-refractivity contribution in [2.45, 2.75) is 26.7 Å². The molecule has 0 unspecified atom stereocenters. The van der Waals surface area contributed by atoms with Gasteiger partial charge in [-0.15, -0.1) is 0 Å². The first-order chi connectivity index (χ1) is 7.74. The number of hydrogen-bond acceptors (Lipinski definition) is 2. The Bertz CT molecular complexity index is 465. The highest BCUT2D eigenvalue weighted by Crippen LogP contribution is 2.22. The third-order valence-corrected chi connectivity index (χ3v) is 2.70. The molecular formula is C13H17N3. The van der Waals surface area contributed by atoms with Gasteiger partial charge in [-0.25, -0.2) is 4.98 Å². The molecule has 3 nitrogen and oxygen atoms in total. The summed E-state index contributed by atoms with van der Waals surface area (Å²) in [6.45, 7) is 4.22. The third kappa shape index (κ3) is 1.81. The zero-order valence-corrected chi connectivity index (χ0v) is 9.77. The van der Waals surface area contributed by atoms with Crippen LogP contribution in [0.15, 0.2) is 30.6 Å². The Kier molecular flexibility index (Phi) is 2.95. The van der Waals surface area contributed by atoms with Crippen LogP contribution in [-0.2, 0) is 6.42 Å². The van der Waals surface area contributed by atoms with Gasteiger partial charge >= 0.3 is 0 Å². The molecule has 3 heteroatoms. The number of rotatable bonds is 3. The van der Waals surface area contributed by atoms with Crippen LogP contribution in [-0.4, -0.2) is 9.55 Å². The van der Waals surface area contributed by atoms with Crippen LogP contribution in [0.1, 0.15) is 24.7 Å². The number of aromatic nitrogens is 2. The number of nitrogens with two attached hydrogens (primary N) is 1. The summed E-state index contributed by atoms with van der Waals surface area (Å²) >= 11 is 0. The summed E-state index contributed by atoms with van der Waals surface area (Å²) in [5.41, 5.74) is 9.07. The maximum atomic E-state index is 6.03. The van der Waals surface area contributed by atoms with E-state index >= 15 is 0 Å². The van der Waals surface area contributed by atoms with Gasteiger partial charge in [0.15, 0.2) is 0 Å². The number of aryl methyl sites for hydroxylation is 2. The van der Waals surface area contributed by atoms with E-state index in [2.05, 4.69) is 29.5 Å². The molecule has 2 rings (SSSR count). The van der Waals surface area contributed by atoms with Crippen LogP contribution >= 0.6 is 0 Å². The average molecular weight is 215 g/mol. The van der Waals surface area contributed by atoms with E-state index in [4.69, 9.17) is 5.73 Å². The van der Waals surface area contributed by atoms with Crippen LogP contribution in [0.3, 0.4) is 0 Å². The number of para-hydroxylation sites is 1. The Morgan fingerprint density at radius 2 is 2.19 bits per heavy atom. The van der Waals surface area contributed by atoms with Crippen molar-refractivity contribution in [1.29, 1.82) is 0 Å². The van der Waals surface area contributed by atoms with Crippen molar-refractivity contribution in [3.63, 3.8) is 0 Å². The highest BCUT2D eigenvalue weighted by Gasteiger charge is 2.09. The molecule has 0 amide bonds. The second kappa shape index (κ2) is 4.39.